The maximum absolute atomic E-state index is 12.9. The number of nitrogens with one attached hydrogen (secondary N) is 2. The molecular formula is C34H36N4O13S2. The van der Waals surface area contributed by atoms with E-state index in [1.807, 2.05) is 27.7 Å². The van der Waals surface area contributed by atoms with Crippen LogP contribution in [0.1, 0.15) is 72.4 Å². The van der Waals surface area contributed by atoms with Crippen molar-refractivity contribution in [2.24, 2.45) is 11.8 Å². The van der Waals surface area contributed by atoms with E-state index >= 15 is 0 Å². The van der Waals surface area contributed by atoms with Crippen LogP contribution in [0, 0.1) is 45.9 Å². The van der Waals surface area contributed by atoms with Crippen LogP contribution in [0.25, 0.3) is 21.8 Å². The van der Waals surface area contributed by atoms with Crippen molar-refractivity contribution in [3.8, 4) is 0 Å². The third-order valence-electron chi connectivity index (χ3n) is 7.25. The smallest absolute Gasteiger partial charge is 0.348 e. The predicted octanol–water partition coefficient (Wildman–Crippen LogP) is 5.24. The lowest BCUT2D eigenvalue weighted by Gasteiger charge is -2.11. The highest BCUT2D eigenvalue weighted by molar-refractivity contribution is 7.98. The number of carbonyl (C=O) groups is 2. The number of nitro groups is 2. The van der Waals surface area contributed by atoms with Gasteiger partial charge in [0.1, 0.15) is 15.8 Å². The van der Waals surface area contributed by atoms with Gasteiger partial charge in [0.25, 0.3) is 11.4 Å². The number of pyridine rings is 2. The van der Waals surface area contributed by atoms with Gasteiger partial charge >= 0.3 is 12.3 Å². The Morgan fingerprint density at radius 2 is 1.11 bits per heavy atom. The van der Waals surface area contributed by atoms with Gasteiger partial charge in [0, 0.05) is 31.2 Å². The van der Waals surface area contributed by atoms with Crippen molar-refractivity contribution in [2.45, 2.75) is 64.4 Å². The van der Waals surface area contributed by atoms with Crippen molar-refractivity contribution >= 4 is 79.6 Å². The SMILES string of the molecule is CSc1[nH]c2c(C)ccc([N+](=O)[O-])c2c(=O)c1C(=O)CC(C)C.Cc1ccc([N+](=O)[O-])c2c(=O)c(C(=O)CC(C)C)c(S(C)=O)[nH]c12.O=C=O.O=C=O. The Hall–Kier alpha value is -5.74. The molecule has 0 saturated carbocycles. The zero-order chi connectivity index (χ0) is 40.9. The maximum Gasteiger partial charge on any atom is 0.373 e. The lowest BCUT2D eigenvalue weighted by atomic mass is 9.99. The molecule has 0 radical (unpaired) electrons. The number of hydrogen-bond acceptors (Lipinski definition) is 14. The van der Waals surface area contributed by atoms with E-state index in [0.717, 1.165) is 5.56 Å². The second kappa shape index (κ2) is 20.3. The van der Waals surface area contributed by atoms with Crippen molar-refractivity contribution in [2.75, 3.05) is 12.5 Å². The van der Waals surface area contributed by atoms with Gasteiger partial charge in [0.15, 0.2) is 11.6 Å². The number of aromatic amines is 2. The molecule has 1 atom stereocenters. The van der Waals surface area contributed by atoms with Crippen LogP contribution in [0.15, 0.2) is 43.9 Å². The second-order valence-corrected chi connectivity index (χ2v) is 14.1. The molecule has 2 aromatic carbocycles. The van der Waals surface area contributed by atoms with Gasteiger partial charge in [-0.25, -0.2) is 0 Å². The van der Waals surface area contributed by atoms with E-state index in [1.54, 1.807) is 26.2 Å². The number of aryl methyl sites for hydroxylation is 2. The normalized spacial score (nSPS) is 10.8. The summed E-state index contributed by atoms with van der Waals surface area (Å²) in [5.74, 6) is -0.657. The number of rotatable bonds is 10. The number of ketones is 2. The topological polar surface area (TPSA) is 271 Å². The predicted molar refractivity (Wildman–Crippen MR) is 194 cm³/mol. The summed E-state index contributed by atoms with van der Waals surface area (Å²) < 4.78 is 12.0. The van der Waals surface area contributed by atoms with Crippen molar-refractivity contribution in [3.05, 3.63) is 87.2 Å². The lowest BCUT2D eigenvalue weighted by molar-refractivity contribution is -0.383. The minimum atomic E-state index is -1.61. The molecule has 0 aliphatic rings. The molecule has 0 aliphatic heterocycles. The molecule has 0 bridgehead atoms. The molecule has 0 aliphatic carbocycles. The molecule has 1 unspecified atom stereocenters. The summed E-state index contributed by atoms with van der Waals surface area (Å²) in [5.41, 5.74) is -0.211. The van der Waals surface area contributed by atoms with Gasteiger partial charge in [0.2, 0.25) is 10.9 Å². The molecule has 282 valence electrons. The van der Waals surface area contributed by atoms with E-state index in [4.69, 9.17) is 19.2 Å². The minimum absolute atomic E-state index is 0.00164. The summed E-state index contributed by atoms with van der Waals surface area (Å²) >= 11 is 1.26. The molecule has 0 spiro atoms. The quantitative estimate of drug-likeness (QED) is 0.0903. The fraction of sp³-hybridized carbons (Fsp3) is 0.353. The zero-order valence-corrected chi connectivity index (χ0v) is 31.5. The molecule has 2 heterocycles. The molecule has 2 aromatic heterocycles. The number of nitro benzene ring substituents is 2. The second-order valence-electron chi connectivity index (χ2n) is 12.0. The number of non-ortho nitro benzene ring substituents is 2. The summed E-state index contributed by atoms with van der Waals surface area (Å²) in [5, 5.41) is 22.8. The van der Waals surface area contributed by atoms with Crippen LogP contribution in [0.5, 0.6) is 0 Å². The van der Waals surface area contributed by atoms with Crippen LogP contribution in [-0.4, -0.2) is 60.4 Å². The Bertz CT molecular complexity index is 2270. The number of carbonyl (C=O) groups excluding carboxylic acids is 6. The van der Waals surface area contributed by atoms with E-state index in [9.17, 15) is 43.6 Å². The number of benzene rings is 2. The number of Topliss-reactive ketones (excluding diaryl/α,β-unsaturated/α-hetero) is 2. The Balaban J connectivity index is 0.000000462. The monoisotopic (exact) mass is 772 g/mol. The van der Waals surface area contributed by atoms with Gasteiger partial charge in [-0.3, -0.25) is 43.6 Å². The average Bonchev–Trinajstić information content (AvgIpc) is 3.05. The molecule has 4 rings (SSSR count). The average molecular weight is 773 g/mol. The summed E-state index contributed by atoms with van der Waals surface area (Å²) in [7, 11) is -1.61. The number of hydrogen-bond donors (Lipinski definition) is 2. The summed E-state index contributed by atoms with van der Waals surface area (Å²) in [6.07, 6.45) is 3.94. The Labute approximate surface area is 307 Å². The van der Waals surface area contributed by atoms with Gasteiger partial charge in [-0.1, -0.05) is 39.8 Å². The summed E-state index contributed by atoms with van der Waals surface area (Å²) in [6, 6.07) is 5.65. The van der Waals surface area contributed by atoms with Gasteiger partial charge < -0.3 is 9.97 Å². The van der Waals surface area contributed by atoms with E-state index < -0.39 is 37.3 Å². The van der Waals surface area contributed by atoms with Gasteiger partial charge in [-0.2, -0.15) is 19.2 Å². The standard InChI is InChI=1S/C16H18N2O5S.C16H18N2O4S.2CO2/c1-8(2)7-11(19)13-15(20)12-10(18(21)22)6-5-9(3)14(12)17-16(13)24(4)23;1-8(2)7-11(19)13-15(20)12-10(18(21)22)6-5-9(3)14(12)17-16(13)23-4;2*2-1-3/h5-6,8H,7H2,1-4H3,(H,17,20);5-6,8H,7H2,1-4H3,(H,17,20);;. The fourth-order valence-corrected chi connectivity index (χ4v) is 6.46. The van der Waals surface area contributed by atoms with Crippen LogP contribution in [-0.2, 0) is 30.0 Å². The van der Waals surface area contributed by atoms with E-state index in [0.29, 0.717) is 16.1 Å². The molecule has 0 saturated heterocycles. The highest BCUT2D eigenvalue weighted by Crippen LogP contribution is 2.29. The van der Waals surface area contributed by atoms with Gasteiger partial charge in [-0.15, -0.1) is 11.8 Å². The molecule has 0 amide bonds. The van der Waals surface area contributed by atoms with Gasteiger partial charge in [-0.05, 0) is 43.1 Å². The summed E-state index contributed by atoms with van der Waals surface area (Å²) in [4.78, 5) is 110. The van der Waals surface area contributed by atoms with Crippen molar-refractivity contribution in [1.82, 2.24) is 9.97 Å². The number of thioether (sulfide) groups is 1. The van der Waals surface area contributed by atoms with Crippen LogP contribution in [0.4, 0.5) is 11.4 Å². The molecule has 19 heteroatoms. The van der Waals surface area contributed by atoms with Crippen LogP contribution in [0.2, 0.25) is 0 Å². The van der Waals surface area contributed by atoms with Crippen molar-refractivity contribution < 1.29 is 42.8 Å². The van der Waals surface area contributed by atoms with Crippen molar-refractivity contribution in [1.29, 1.82) is 0 Å². The third kappa shape index (κ3) is 11.1. The van der Waals surface area contributed by atoms with E-state index in [1.165, 1.54) is 36.2 Å². The number of H-pyrrole nitrogens is 2. The van der Waals surface area contributed by atoms with Crippen molar-refractivity contribution in [3.63, 3.8) is 0 Å². The number of nitrogens with zero attached hydrogens (tertiary/aromatic N) is 2. The number of fused-ring (bicyclic) bond motifs is 2. The summed E-state index contributed by atoms with van der Waals surface area (Å²) in [6.45, 7) is 10.9. The molecule has 2 N–H and O–H groups in total. The molecular weight excluding hydrogens is 737 g/mol. The largest absolute Gasteiger partial charge is 0.373 e. The van der Waals surface area contributed by atoms with E-state index in [2.05, 4.69) is 9.97 Å². The lowest BCUT2D eigenvalue weighted by Crippen LogP contribution is -2.22. The van der Waals surface area contributed by atoms with Crippen LogP contribution >= 0.6 is 11.8 Å². The maximum atomic E-state index is 12.9. The molecule has 0 fully saturated rings. The van der Waals surface area contributed by atoms with Crippen LogP contribution < -0.4 is 10.9 Å². The Kier molecular flexibility index (Phi) is 17.4. The fourth-order valence-electron chi connectivity index (χ4n) is 5.11. The Morgan fingerprint density at radius 1 is 0.755 bits per heavy atom. The van der Waals surface area contributed by atoms with E-state index in [-0.39, 0.29) is 86.6 Å². The first-order chi connectivity index (χ1) is 24.7. The minimum Gasteiger partial charge on any atom is -0.348 e. The highest BCUT2D eigenvalue weighted by Gasteiger charge is 2.27. The number of aromatic nitrogens is 2. The Morgan fingerprint density at radius 3 is 1.45 bits per heavy atom. The first kappa shape index (κ1) is 45.3. The molecule has 4 aromatic rings. The highest BCUT2D eigenvalue weighted by atomic mass is 32.2. The first-order valence-electron chi connectivity index (χ1n) is 15.4. The van der Waals surface area contributed by atoms with Gasteiger partial charge in [0.05, 0.1) is 47.8 Å². The third-order valence-corrected chi connectivity index (χ3v) is 8.85. The molecule has 17 nitrogen and oxygen atoms in total. The first-order valence-corrected chi connectivity index (χ1v) is 18.1. The zero-order valence-electron chi connectivity index (χ0n) is 29.9. The van der Waals surface area contributed by atoms with Crippen LogP contribution in [0.3, 0.4) is 0 Å². The molecule has 53 heavy (non-hydrogen) atoms.